The Balaban J connectivity index is 1.77. The van der Waals surface area contributed by atoms with Crippen molar-refractivity contribution in [2.24, 2.45) is 0 Å². The van der Waals surface area contributed by atoms with Crippen LogP contribution < -0.4 is 10.1 Å². The van der Waals surface area contributed by atoms with Crippen LogP contribution in [0.5, 0.6) is 5.75 Å². The second kappa shape index (κ2) is 5.70. The Bertz CT molecular complexity index is 1240. The van der Waals surface area contributed by atoms with Crippen molar-refractivity contribution in [3.8, 4) is 5.75 Å². The first kappa shape index (κ1) is 14.7. The van der Waals surface area contributed by atoms with Crippen LogP contribution in [-0.2, 0) is 0 Å². The molecule has 5 rings (SSSR count). The molecule has 0 radical (unpaired) electrons. The number of H-pyrrole nitrogens is 1. The van der Waals surface area contributed by atoms with Crippen molar-refractivity contribution < 1.29 is 4.74 Å². The number of methoxy groups -OCH3 is 1. The first-order valence-electron chi connectivity index (χ1n) is 8.24. The van der Waals surface area contributed by atoms with Crippen molar-refractivity contribution in [1.29, 1.82) is 0 Å². The zero-order valence-corrected chi connectivity index (χ0v) is 14.0. The molecule has 0 amide bonds. The molecular formula is C20H15N5O. The van der Waals surface area contributed by atoms with Crippen molar-refractivity contribution in [1.82, 2.24) is 19.9 Å². The minimum absolute atomic E-state index is 0.752. The van der Waals surface area contributed by atoms with E-state index in [4.69, 9.17) is 9.72 Å². The molecule has 1 aromatic carbocycles. The Kier molecular flexibility index (Phi) is 3.21. The third-order valence-electron chi connectivity index (χ3n) is 4.49. The lowest BCUT2D eigenvalue weighted by Crippen LogP contribution is -1.96. The molecule has 0 saturated heterocycles. The maximum Gasteiger partial charge on any atom is 0.155 e. The molecule has 0 aliphatic heterocycles. The Labute approximate surface area is 148 Å². The standard InChI is InChI=1S/C20H15N5O/c1-26-13-4-2-12(3-5-13)23-20-19-18(14-6-8-21-10-16(14)24-19)15-7-9-22-11-17(15)25-20/h2-11,24H,1H3,(H,23,25). The monoisotopic (exact) mass is 341 g/mol. The van der Waals surface area contributed by atoms with E-state index in [1.807, 2.05) is 42.6 Å². The lowest BCUT2D eigenvalue weighted by molar-refractivity contribution is 0.415. The van der Waals surface area contributed by atoms with E-state index in [9.17, 15) is 0 Å². The minimum Gasteiger partial charge on any atom is -0.497 e. The summed E-state index contributed by atoms with van der Waals surface area (Å²) in [6.07, 6.45) is 7.22. The highest BCUT2D eigenvalue weighted by Crippen LogP contribution is 2.35. The number of nitrogens with one attached hydrogen (secondary N) is 2. The van der Waals surface area contributed by atoms with Crippen LogP contribution in [0.4, 0.5) is 11.5 Å². The third kappa shape index (κ3) is 2.23. The smallest absolute Gasteiger partial charge is 0.155 e. The predicted molar refractivity (Wildman–Crippen MR) is 103 cm³/mol. The first-order chi connectivity index (χ1) is 12.8. The molecule has 126 valence electrons. The van der Waals surface area contributed by atoms with Crippen LogP contribution in [0.1, 0.15) is 0 Å². The fraction of sp³-hybridized carbons (Fsp3) is 0.0500. The van der Waals surface area contributed by atoms with Crippen molar-refractivity contribution >= 4 is 44.2 Å². The number of aromatic nitrogens is 4. The van der Waals surface area contributed by atoms with Crippen molar-refractivity contribution in [2.45, 2.75) is 0 Å². The minimum atomic E-state index is 0.752. The van der Waals surface area contributed by atoms with E-state index in [1.165, 1.54) is 0 Å². The summed E-state index contributed by atoms with van der Waals surface area (Å²) in [6.45, 7) is 0. The van der Waals surface area contributed by atoms with Gasteiger partial charge in [0.2, 0.25) is 0 Å². The van der Waals surface area contributed by atoms with E-state index in [0.717, 1.165) is 50.0 Å². The van der Waals surface area contributed by atoms with Crippen LogP contribution in [0.2, 0.25) is 0 Å². The Hall–Kier alpha value is -3.67. The van der Waals surface area contributed by atoms with E-state index in [0.29, 0.717) is 0 Å². The van der Waals surface area contributed by atoms with Gasteiger partial charge >= 0.3 is 0 Å². The second-order valence-electron chi connectivity index (χ2n) is 6.00. The van der Waals surface area contributed by atoms with Crippen molar-refractivity contribution in [3.63, 3.8) is 0 Å². The normalized spacial score (nSPS) is 11.3. The first-order valence-corrected chi connectivity index (χ1v) is 8.24. The van der Waals surface area contributed by atoms with Gasteiger partial charge in [0.05, 0.1) is 36.1 Å². The van der Waals surface area contributed by atoms with E-state index >= 15 is 0 Å². The van der Waals surface area contributed by atoms with Crippen LogP contribution in [-0.4, -0.2) is 27.0 Å². The van der Waals surface area contributed by atoms with Gasteiger partial charge in [0.15, 0.2) is 5.82 Å². The Morgan fingerprint density at radius 2 is 1.69 bits per heavy atom. The molecule has 6 nitrogen and oxygen atoms in total. The molecule has 0 spiro atoms. The number of hydrogen-bond acceptors (Lipinski definition) is 5. The number of ether oxygens (including phenoxy) is 1. The highest BCUT2D eigenvalue weighted by molar-refractivity contribution is 6.21. The number of hydrogen-bond donors (Lipinski definition) is 2. The van der Waals surface area contributed by atoms with Crippen LogP contribution >= 0.6 is 0 Å². The molecule has 26 heavy (non-hydrogen) atoms. The highest BCUT2D eigenvalue weighted by Gasteiger charge is 2.14. The van der Waals surface area contributed by atoms with Gasteiger partial charge in [0, 0.05) is 34.2 Å². The lowest BCUT2D eigenvalue weighted by atomic mass is 10.1. The van der Waals surface area contributed by atoms with E-state index in [2.05, 4.69) is 20.3 Å². The van der Waals surface area contributed by atoms with Crippen LogP contribution in [0.25, 0.3) is 32.7 Å². The maximum absolute atomic E-state index is 5.22. The van der Waals surface area contributed by atoms with Crippen molar-refractivity contribution in [2.75, 3.05) is 12.4 Å². The topological polar surface area (TPSA) is 75.7 Å². The average molecular weight is 341 g/mol. The van der Waals surface area contributed by atoms with Gasteiger partial charge in [0.1, 0.15) is 5.75 Å². The van der Waals surface area contributed by atoms with E-state index < -0.39 is 0 Å². The summed E-state index contributed by atoms with van der Waals surface area (Å²) in [4.78, 5) is 16.7. The molecule has 0 atom stereocenters. The highest BCUT2D eigenvalue weighted by atomic mass is 16.5. The van der Waals surface area contributed by atoms with Gasteiger partial charge in [-0.2, -0.15) is 0 Å². The molecule has 0 saturated carbocycles. The van der Waals surface area contributed by atoms with Gasteiger partial charge in [-0.05, 0) is 36.4 Å². The molecule has 6 heteroatoms. The SMILES string of the molecule is COc1ccc(Nc2nc3cnccc3c3c2[nH]c2cnccc23)cc1. The van der Waals surface area contributed by atoms with Crippen LogP contribution in [0.15, 0.2) is 61.2 Å². The second-order valence-corrected chi connectivity index (χ2v) is 6.00. The molecule has 5 aromatic rings. The maximum atomic E-state index is 5.22. The van der Waals surface area contributed by atoms with Gasteiger partial charge in [-0.15, -0.1) is 0 Å². The summed E-state index contributed by atoms with van der Waals surface area (Å²) < 4.78 is 5.22. The van der Waals surface area contributed by atoms with Gasteiger partial charge < -0.3 is 15.0 Å². The molecule has 4 heterocycles. The lowest BCUT2D eigenvalue weighted by Gasteiger charge is -2.10. The molecule has 4 aromatic heterocycles. The average Bonchev–Trinajstić information content (AvgIpc) is 3.09. The Morgan fingerprint density at radius 3 is 2.50 bits per heavy atom. The molecule has 2 N–H and O–H groups in total. The van der Waals surface area contributed by atoms with Crippen LogP contribution in [0.3, 0.4) is 0 Å². The largest absolute Gasteiger partial charge is 0.497 e. The number of fused-ring (bicyclic) bond motifs is 5. The summed E-state index contributed by atoms with van der Waals surface area (Å²) >= 11 is 0. The fourth-order valence-corrected chi connectivity index (χ4v) is 3.27. The number of rotatable bonds is 3. The number of nitrogens with zero attached hydrogens (tertiary/aromatic N) is 3. The molecule has 0 bridgehead atoms. The molecule has 0 unspecified atom stereocenters. The summed E-state index contributed by atoms with van der Waals surface area (Å²) in [7, 11) is 1.66. The van der Waals surface area contributed by atoms with Crippen molar-refractivity contribution in [3.05, 3.63) is 61.2 Å². The van der Waals surface area contributed by atoms with Gasteiger partial charge in [-0.25, -0.2) is 4.98 Å². The van der Waals surface area contributed by atoms with Gasteiger partial charge in [-0.1, -0.05) is 0 Å². The number of benzene rings is 1. The Morgan fingerprint density at radius 1 is 0.923 bits per heavy atom. The summed E-state index contributed by atoms with van der Waals surface area (Å²) in [6, 6.07) is 11.8. The van der Waals surface area contributed by atoms with Crippen LogP contribution in [0, 0.1) is 0 Å². The van der Waals surface area contributed by atoms with Gasteiger partial charge in [-0.3, -0.25) is 9.97 Å². The van der Waals surface area contributed by atoms with E-state index in [-0.39, 0.29) is 0 Å². The fourth-order valence-electron chi connectivity index (χ4n) is 3.27. The third-order valence-corrected chi connectivity index (χ3v) is 4.49. The molecule has 0 aliphatic carbocycles. The quantitative estimate of drug-likeness (QED) is 0.508. The molecular weight excluding hydrogens is 326 g/mol. The number of aromatic amines is 1. The zero-order chi connectivity index (χ0) is 17.5. The van der Waals surface area contributed by atoms with Gasteiger partial charge in [0.25, 0.3) is 0 Å². The van der Waals surface area contributed by atoms with E-state index in [1.54, 1.807) is 25.7 Å². The number of pyridine rings is 3. The molecule has 0 aliphatic rings. The predicted octanol–water partition coefficient (Wildman–Crippen LogP) is 4.41. The summed E-state index contributed by atoms with van der Waals surface area (Å²) in [5.74, 6) is 1.56. The molecule has 0 fully saturated rings. The summed E-state index contributed by atoms with van der Waals surface area (Å²) in [5, 5.41) is 6.70. The zero-order valence-electron chi connectivity index (χ0n) is 14.0. The number of anilines is 2. The summed E-state index contributed by atoms with van der Waals surface area (Å²) in [5.41, 5.74) is 3.70.